The van der Waals surface area contributed by atoms with Crippen molar-refractivity contribution in [3.05, 3.63) is 29.2 Å². The lowest BCUT2D eigenvalue weighted by Gasteiger charge is -2.20. The van der Waals surface area contributed by atoms with E-state index in [0.717, 1.165) is 4.57 Å². The Morgan fingerprint density at radius 1 is 1.32 bits per heavy atom. The molecule has 6 nitrogen and oxygen atoms in total. The van der Waals surface area contributed by atoms with Crippen molar-refractivity contribution >= 4 is 34.6 Å². The highest BCUT2D eigenvalue weighted by Crippen LogP contribution is 2.24. The number of hydrogen-bond acceptors (Lipinski definition) is 5. The van der Waals surface area contributed by atoms with Gasteiger partial charge in [0.05, 0.1) is 18.3 Å². The number of aromatic nitrogens is 2. The minimum atomic E-state index is -0.695. The molecular formula is C15H17ClN2O4. The summed E-state index contributed by atoms with van der Waals surface area (Å²) in [7, 11) is 0. The smallest absolute Gasteiger partial charge is 0.419 e. The highest BCUT2D eigenvalue weighted by atomic mass is 35.5. The highest BCUT2D eigenvalue weighted by molar-refractivity contribution is 6.30. The van der Waals surface area contributed by atoms with Crippen molar-refractivity contribution in [1.29, 1.82) is 0 Å². The van der Waals surface area contributed by atoms with Crippen LogP contribution in [-0.4, -0.2) is 33.8 Å². The lowest BCUT2D eigenvalue weighted by Crippen LogP contribution is -2.29. The van der Waals surface area contributed by atoms with Gasteiger partial charge in [-0.1, -0.05) is 11.6 Å². The predicted octanol–water partition coefficient (Wildman–Crippen LogP) is 3.65. The number of esters is 1. The predicted molar refractivity (Wildman–Crippen MR) is 82.3 cm³/mol. The Balaban J connectivity index is 2.59. The Labute approximate surface area is 133 Å². The minimum absolute atomic E-state index is 0.0789. The summed E-state index contributed by atoms with van der Waals surface area (Å²) in [4.78, 5) is 28.5. The highest BCUT2D eigenvalue weighted by Gasteiger charge is 2.26. The van der Waals surface area contributed by atoms with Crippen molar-refractivity contribution in [2.24, 2.45) is 0 Å². The van der Waals surface area contributed by atoms with Crippen molar-refractivity contribution < 1.29 is 19.1 Å². The second kappa shape index (κ2) is 5.96. The van der Waals surface area contributed by atoms with Crippen LogP contribution in [0.3, 0.4) is 0 Å². The van der Waals surface area contributed by atoms with Crippen molar-refractivity contribution in [1.82, 2.24) is 9.55 Å². The van der Waals surface area contributed by atoms with E-state index in [2.05, 4.69) is 4.98 Å². The first kappa shape index (κ1) is 16.3. The number of carbonyl (C=O) groups excluding carboxylic acids is 2. The summed E-state index contributed by atoms with van der Waals surface area (Å²) in [5.74, 6) is -0.610. The lowest BCUT2D eigenvalue weighted by atomic mass is 10.2. The molecule has 0 radical (unpaired) electrons. The van der Waals surface area contributed by atoms with Gasteiger partial charge in [-0.3, -0.25) is 0 Å². The van der Waals surface area contributed by atoms with Crippen LogP contribution < -0.4 is 0 Å². The fraction of sp³-hybridized carbons (Fsp3) is 0.400. The first-order valence-electron chi connectivity index (χ1n) is 6.80. The van der Waals surface area contributed by atoms with E-state index in [4.69, 9.17) is 21.1 Å². The summed E-state index contributed by atoms with van der Waals surface area (Å²) in [5.41, 5.74) is -0.184. The number of hydrogen-bond donors (Lipinski definition) is 0. The number of carbonyl (C=O) groups is 2. The summed E-state index contributed by atoms with van der Waals surface area (Å²) < 4.78 is 11.5. The number of pyridine rings is 1. The van der Waals surface area contributed by atoms with Gasteiger partial charge >= 0.3 is 12.1 Å². The SMILES string of the molecule is CCOC(=O)c1cc2cc(Cl)ncc2n1C(=O)OC(C)(C)C. The van der Waals surface area contributed by atoms with Crippen molar-refractivity contribution in [2.75, 3.05) is 6.61 Å². The van der Waals surface area contributed by atoms with Gasteiger partial charge in [0, 0.05) is 5.39 Å². The van der Waals surface area contributed by atoms with Crippen molar-refractivity contribution in [3.63, 3.8) is 0 Å². The van der Waals surface area contributed by atoms with E-state index >= 15 is 0 Å². The molecule has 118 valence electrons. The molecule has 0 spiro atoms. The van der Waals surface area contributed by atoms with Crippen LogP contribution in [0.1, 0.15) is 38.2 Å². The topological polar surface area (TPSA) is 70.4 Å². The van der Waals surface area contributed by atoms with E-state index in [-0.39, 0.29) is 17.5 Å². The summed E-state index contributed by atoms with van der Waals surface area (Å²) in [5, 5.41) is 0.873. The van der Waals surface area contributed by atoms with Gasteiger partial charge in [0.2, 0.25) is 0 Å². The molecule has 0 aliphatic carbocycles. The maximum absolute atomic E-state index is 12.4. The molecule has 2 aromatic rings. The molecular weight excluding hydrogens is 308 g/mol. The lowest BCUT2D eigenvalue weighted by molar-refractivity contribution is 0.0454. The minimum Gasteiger partial charge on any atom is -0.461 e. The van der Waals surface area contributed by atoms with Crippen LogP contribution in [0.2, 0.25) is 5.15 Å². The van der Waals surface area contributed by atoms with Crippen LogP contribution in [0.5, 0.6) is 0 Å². The third-order valence-corrected chi connectivity index (χ3v) is 2.92. The number of nitrogens with zero attached hydrogens (tertiary/aromatic N) is 2. The molecule has 0 aliphatic rings. The zero-order valence-electron chi connectivity index (χ0n) is 12.8. The summed E-state index contributed by atoms with van der Waals surface area (Å²) in [6, 6.07) is 3.10. The molecule has 0 unspecified atom stereocenters. The van der Waals surface area contributed by atoms with Crippen LogP contribution in [0, 0.1) is 0 Å². The van der Waals surface area contributed by atoms with Crippen LogP contribution >= 0.6 is 11.6 Å². The van der Waals surface area contributed by atoms with Gasteiger partial charge in [-0.05, 0) is 39.8 Å². The molecule has 7 heteroatoms. The molecule has 2 rings (SSSR count). The second-order valence-corrected chi connectivity index (χ2v) is 6.02. The van der Waals surface area contributed by atoms with Crippen LogP contribution in [0.25, 0.3) is 10.9 Å². The maximum atomic E-state index is 12.4. The zero-order chi connectivity index (χ0) is 16.5. The van der Waals surface area contributed by atoms with Crippen LogP contribution in [-0.2, 0) is 9.47 Å². The zero-order valence-corrected chi connectivity index (χ0v) is 13.6. The van der Waals surface area contributed by atoms with Gasteiger partial charge in [0.25, 0.3) is 0 Å². The first-order chi connectivity index (χ1) is 10.2. The standard InChI is InChI=1S/C15H17ClN2O4/c1-5-21-13(19)10-6-9-7-12(16)17-8-11(9)18(10)14(20)22-15(2,3)4/h6-8H,5H2,1-4H3. The number of rotatable bonds is 2. The average Bonchev–Trinajstić information content (AvgIpc) is 2.75. The van der Waals surface area contributed by atoms with Gasteiger partial charge in [0.15, 0.2) is 0 Å². The summed E-state index contributed by atoms with van der Waals surface area (Å²) in [6.45, 7) is 7.13. The van der Waals surface area contributed by atoms with E-state index in [1.54, 1.807) is 33.8 Å². The van der Waals surface area contributed by atoms with E-state index in [0.29, 0.717) is 10.9 Å². The Kier molecular flexibility index (Phi) is 4.42. The molecule has 22 heavy (non-hydrogen) atoms. The number of ether oxygens (including phenoxy) is 2. The van der Waals surface area contributed by atoms with Gasteiger partial charge in [-0.25, -0.2) is 19.1 Å². The maximum Gasteiger partial charge on any atom is 0.419 e. The van der Waals surface area contributed by atoms with Crippen molar-refractivity contribution in [3.8, 4) is 0 Å². The van der Waals surface area contributed by atoms with Crippen LogP contribution in [0.4, 0.5) is 4.79 Å². The molecule has 0 bridgehead atoms. The Bertz CT molecular complexity index is 731. The molecule has 2 aromatic heterocycles. The molecule has 0 aliphatic heterocycles. The van der Waals surface area contributed by atoms with Gasteiger partial charge in [0.1, 0.15) is 16.4 Å². The van der Waals surface area contributed by atoms with E-state index in [9.17, 15) is 9.59 Å². The fourth-order valence-electron chi connectivity index (χ4n) is 1.94. The molecule has 0 saturated carbocycles. The number of halogens is 1. The van der Waals surface area contributed by atoms with Gasteiger partial charge in [-0.2, -0.15) is 0 Å². The molecule has 0 atom stereocenters. The molecule has 0 aromatic carbocycles. The first-order valence-corrected chi connectivity index (χ1v) is 7.18. The normalized spacial score (nSPS) is 11.5. The van der Waals surface area contributed by atoms with E-state index in [1.165, 1.54) is 12.3 Å². The third kappa shape index (κ3) is 3.39. The van der Waals surface area contributed by atoms with E-state index in [1.807, 2.05) is 0 Å². The number of fused-ring (bicyclic) bond motifs is 1. The molecule has 2 heterocycles. The Hall–Kier alpha value is -2.08. The average molecular weight is 325 g/mol. The molecule has 0 N–H and O–H groups in total. The molecule has 0 saturated heterocycles. The molecule has 0 fully saturated rings. The second-order valence-electron chi connectivity index (χ2n) is 5.63. The Morgan fingerprint density at radius 2 is 2.00 bits per heavy atom. The quantitative estimate of drug-likeness (QED) is 0.623. The third-order valence-electron chi connectivity index (χ3n) is 2.72. The van der Waals surface area contributed by atoms with Crippen molar-refractivity contribution in [2.45, 2.75) is 33.3 Å². The summed E-state index contributed by atoms with van der Waals surface area (Å²) >= 11 is 5.85. The summed E-state index contributed by atoms with van der Waals surface area (Å²) in [6.07, 6.45) is 0.749. The molecule has 0 amide bonds. The van der Waals surface area contributed by atoms with Crippen LogP contribution in [0.15, 0.2) is 18.3 Å². The van der Waals surface area contributed by atoms with Gasteiger partial charge < -0.3 is 9.47 Å². The Morgan fingerprint density at radius 3 is 2.59 bits per heavy atom. The fourth-order valence-corrected chi connectivity index (χ4v) is 2.11. The van der Waals surface area contributed by atoms with Gasteiger partial charge in [-0.15, -0.1) is 0 Å². The van der Waals surface area contributed by atoms with E-state index < -0.39 is 17.7 Å². The monoisotopic (exact) mass is 324 g/mol. The largest absolute Gasteiger partial charge is 0.461 e.